The van der Waals surface area contributed by atoms with E-state index in [9.17, 15) is 13.2 Å². The second-order valence-electron chi connectivity index (χ2n) is 6.83. The Balaban J connectivity index is 1.34. The first-order valence-corrected chi connectivity index (χ1v) is 11.9. The molecule has 0 aliphatic carbocycles. The summed E-state index contributed by atoms with van der Waals surface area (Å²) in [5, 5.41) is 0. The molecule has 1 aromatic heterocycles. The number of likely N-dealkylation sites (tertiary alicyclic amines) is 1. The van der Waals surface area contributed by atoms with Crippen molar-refractivity contribution in [2.75, 3.05) is 26.0 Å². The van der Waals surface area contributed by atoms with Crippen LogP contribution in [0.5, 0.6) is 5.75 Å². The Kier molecular flexibility index (Phi) is 6.90. The minimum Gasteiger partial charge on any atom is -0.494 e. The number of ether oxygens (including phenoxy) is 2. The first-order chi connectivity index (χ1) is 13.4. The highest BCUT2D eigenvalue weighted by Gasteiger charge is 2.23. The van der Waals surface area contributed by atoms with Gasteiger partial charge in [-0.15, -0.1) is 11.3 Å². The number of rotatable bonds is 7. The summed E-state index contributed by atoms with van der Waals surface area (Å²) in [6.45, 7) is 2.22. The van der Waals surface area contributed by atoms with E-state index in [1.807, 2.05) is 0 Å². The summed E-state index contributed by atoms with van der Waals surface area (Å²) in [5.41, 5.74) is 1.72. The Bertz CT molecular complexity index is 858. The van der Waals surface area contributed by atoms with E-state index in [0.717, 1.165) is 24.1 Å². The molecule has 1 aliphatic heterocycles. The van der Waals surface area contributed by atoms with Gasteiger partial charge in [0.1, 0.15) is 12.4 Å². The standard InChI is InChI=1S/C19H24N2O5S2/c1-28(23,24)18-4-2-16(3-5-18)25-11-8-15-6-9-21(10-7-15)19(22)26-13-17-12-20-14-27-17/h2-5,12,14-15H,6-11,13H2,1H3. The summed E-state index contributed by atoms with van der Waals surface area (Å²) < 4.78 is 34.0. The molecule has 28 heavy (non-hydrogen) atoms. The summed E-state index contributed by atoms with van der Waals surface area (Å²) in [6.07, 6.45) is 5.37. The number of hydrogen-bond acceptors (Lipinski definition) is 7. The molecule has 1 saturated heterocycles. The monoisotopic (exact) mass is 424 g/mol. The van der Waals surface area contributed by atoms with Crippen molar-refractivity contribution in [3.63, 3.8) is 0 Å². The van der Waals surface area contributed by atoms with Gasteiger partial charge in [-0.05, 0) is 49.4 Å². The molecule has 3 rings (SSSR count). The van der Waals surface area contributed by atoms with Crippen molar-refractivity contribution in [1.82, 2.24) is 9.88 Å². The summed E-state index contributed by atoms with van der Waals surface area (Å²) in [7, 11) is -3.19. The van der Waals surface area contributed by atoms with Crippen LogP contribution in [-0.4, -0.2) is 50.3 Å². The maximum Gasteiger partial charge on any atom is 0.410 e. The van der Waals surface area contributed by atoms with Crippen LogP contribution in [0.3, 0.4) is 0 Å². The fraction of sp³-hybridized carbons (Fsp3) is 0.474. The van der Waals surface area contributed by atoms with E-state index in [0.29, 0.717) is 31.4 Å². The zero-order valence-electron chi connectivity index (χ0n) is 15.7. The molecule has 0 radical (unpaired) electrons. The van der Waals surface area contributed by atoms with Crippen LogP contribution in [0.25, 0.3) is 0 Å². The van der Waals surface area contributed by atoms with Gasteiger partial charge in [-0.1, -0.05) is 0 Å². The molecule has 0 saturated carbocycles. The highest BCUT2D eigenvalue weighted by molar-refractivity contribution is 7.90. The molecule has 0 N–H and O–H groups in total. The van der Waals surface area contributed by atoms with Crippen molar-refractivity contribution in [2.45, 2.75) is 30.8 Å². The van der Waals surface area contributed by atoms with E-state index in [-0.39, 0.29) is 17.6 Å². The van der Waals surface area contributed by atoms with Crippen molar-refractivity contribution in [3.05, 3.63) is 40.8 Å². The van der Waals surface area contributed by atoms with Gasteiger partial charge in [0, 0.05) is 25.5 Å². The fourth-order valence-electron chi connectivity index (χ4n) is 3.07. The third-order valence-corrected chi connectivity index (χ3v) is 6.62. The number of benzene rings is 1. The van der Waals surface area contributed by atoms with E-state index in [2.05, 4.69) is 4.98 Å². The number of amides is 1. The number of hydrogen-bond donors (Lipinski definition) is 0. The van der Waals surface area contributed by atoms with Crippen molar-refractivity contribution < 1.29 is 22.7 Å². The predicted molar refractivity (Wildman–Crippen MR) is 106 cm³/mol. The van der Waals surface area contributed by atoms with Crippen molar-refractivity contribution in [2.24, 2.45) is 5.92 Å². The van der Waals surface area contributed by atoms with Crippen LogP contribution in [0.15, 0.2) is 40.9 Å². The smallest absolute Gasteiger partial charge is 0.410 e. The Morgan fingerprint density at radius 2 is 1.96 bits per heavy atom. The summed E-state index contributed by atoms with van der Waals surface area (Å²) in [4.78, 5) is 19.1. The third kappa shape index (κ3) is 5.93. The Hall–Kier alpha value is -2.13. The van der Waals surface area contributed by atoms with Crippen molar-refractivity contribution >= 4 is 27.3 Å². The van der Waals surface area contributed by atoms with Gasteiger partial charge in [0.2, 0.25) is 0 Å². The molecule has 1 amide bonds. The van der Waals surface area contributed by atoms with Crippen LogP contribution in [0.2, 0.25) is 0 Å². The SMILES string of the molecule is CS(=O)(=O)c1ccc(OCCC2CCN(C(=O)OCc3cncs3)CC2)cc1. The Labute approximate surface area is 169 Å². The number of thiazole rings is 1. The lowest BCUT2D eigenvalue weighted by Gasteiger charge is -2.31. The number of nitrogens with zero attached hydrogens (tertiary/aromatic N) is 2. The van der Waals surface area contributed by atoms with Gasteiger partial charge in [0.05, 0.1) is 21.9 Å². The number of carbonyl (C=O) groups excluding carboxylic acids is 1. The topological polar surface area (TPSA) is 85.8 Å². The minimum absolute atomic E-state index is 0.269. The first-order valence-electron chi connectivity index (χ1n) is 9.14. The van der Waals surface area contributed by atoms with Crippen LogP contribution in [0, 0.1) is 5.92 Å². The quantitative estimate of drug-likeness (QED) is 0.677. The van der Waals surface area contributed by atoms with Crippen molar-refractivity contribution in [1.29, 1.82) is 0 Å². The average molecular weight is 425 g/mol. The molecule has 2 aromatic rings. The third-order valence-electron chi connectivity index (χ3n) is 4.74. The summed E-state index contributed by atoms with van der Waals surface area (Å²) >= 11 is 1.47. The van der Waals surface area contributed by atoms with E-state index >= 15 is 0 Å². The lowest BCUT2D eigenvalue weighted by atomic mass is 9.94. The highest BCUT2D eigenvalue weighted by Crippen LogP contribution is 2.22. The molecule has 0 unspecified atom stereocenters. The minimum atomic E-state index is -3.19. The molecule has 0 spiro atoms. The maximum atomic E-state index is 12.1. The lowest BCUT2D eigenvalue weighted by Crippen LogP contribution is -2.39. The largest absolute Gasteiger partial charge is 0.494 e. The molecule has 1 fully saturated rings. The first kappa shape index (κ1) is 20.6. The maximum absolute atomic E-state index is 12.1. The van der Waals surface area contributed by atoms with E-state index in [4.69, 9.17) is 9.47 Å². The van der Waals surface area contributed by atoms with Gasteiger partial charge >= 0.3 is 6.09 Å². The van der Waals surface area contributed by atoms with Crippen molar-refractivity contribution in [3.8, 4) is 5.75 Å². The second kappa shape index (κ2) is 9.38. The molecule has 152 valence electrons. The molecule has 1 aliphatic rings. The average Bonchev–Trinajstić information content (AvgIpc) is 3.20. The van der Waals surface area contributed by atoms with Crippen LogP contribution in [0.4, 0.5) is 4.79 Å². The van der Waals surface area contributed by atoms with Crippen LogP contribution in [-0.2, 0) is 21.2 Å². The second-order valence-corrected chi connectivity index (χ2v) is 9.82. The predicted octanol–water partition coefficient (Wildman–Crippen LogP) is 3.36. The molecule has 9 heteroatoms. The van der Waals surface area contributed by atoms with Gasteiger partial charge in [-0.2, -0.15) is 0 Å². The summed E-state index contributed by atoms with van der Waals surface area (Å²) in [5.74, 6) is 1.16. The molecular weight excluding hydrogens is 400 g/mol. The van der Waals surface area contributed by atoms with Crippen LogP contribution in [0.1, 0.15) is 24.1 Å². The number of sulfone groups is 1. The Morgan fingerprint density at radius 1 is 1.25 bits per heavy atom. The molecule has 0 atom stereocenters. The lowest BCUT2D eigenvalue weighted by molar-refractivity contribution is 0.0807. The van der Waals surface area contributed by atoms with Gasteiger partial charge in [0.25, 0.3) is 0 Å². The normalized spacial score (nSPS) is 15.4. The van der Waals surface area contributed by atoms with E-state index in [1.54, 1.807) is 40.9 Å². The molecule has 2 heterocycles. The zero-order chi connectivity index (χ0) is 20.0. The van der Waals surface area contributed by atoms with Gasteiger partial charge in [-0.3, -0.25) is 4.98 Å². The van der Waals surface area contributed by atoms with Crippen LogP contribution >= 0.6 is 11.3 Å². The molecular formula is C19H24N2O5S2. The Morgan fingerprint density at radius 3 is 2.57 bits per heavy atom. The number of carbonyl (C=O) groups is 1. The fourth-order valence-corrected chi connectivity index (χ4v) is 4.20. The summed E-state index contributed by atoms with van der Waals surface area (Å²) in [6, 6.07) is 6.47. The van der Waals surface area contributed by atoms with E-state index in [1.165, 1.54) is 17.6 Å². The number of piperidine rings is 1. The van der Waals surface area contributed by atoms with Gasteiger partial charge in [-0.25, -0.2) is 13.2 Å². The van der Waals surface area contributed by atoms with Crippen LogP contribution < -0.4 is 4.74 Å². The number of aromatic nitrogens is 1. The molecule has 7 nitrogen and oxygen atoms in total. The van der Waals surface area contributed by atoms with Gasteiger partial charge in [0.15, 0.2) is 9.84 Å². The van der Waals surface area contributed by atoms with Gasteiger partial charge < -0.3 is 14.4 Å². The molecule has 0 bridgehead atoms. The zero-order valence-corrected chi connectivity index (χ0v) is 17.4. The van der Waals surface area contributed by atoms with E-state index < -0.39 is 9.84 Å². The molecule has 1 aromatic carbocycles. The highest BCUT2D eigenvalue weighted by atomic mass is 32.2.